The summed E-state index contributed by atoms with van der Waals surface area (Å²) in [4.78, 5) is 12.7. The van der Waals surface area contributed by atoms with Crippen LogP contribution in [0.2, 0.25) is 5.02 Å². The van der Waals surface area contributed by atoms with Crippen molar-refractivity contribution in [1.82, 2.24) is 0 Å². The van der Waals surface area contributed by atoms with E-state index in [1.165, 1.54) is 18.2 Å². The zero-order valence-electron chi connectivity index (χ0n) is 10.9. The van der Waals surface area contributed by atoms with E-state index >= 15 is 0 Å². The third kappa shape index (κ3) is 2.36. The molecule has 0 aliphatic carbocycles. The second-order valence-electron chi connectivity index (χ2n) is 4.71. The van der Waals surface area contributed by atoms with Crippen LogP contribution < -0.4 is 5.73 Å². The van der Waals surface area contributed by atoms with E-state index in [0.29, 0.717) is 27.6 Å². The fourth-order valence-corrected chi connectivity index (χ4v) is 2.60. The van der Waals surface area contributed by atoms with Gasteiger partial charge in [0.2, 0.25) is 0 Å². The first-order valence-electron chi connectivity index (χ1n) is 6.35. The minimum absolute atomic E-state index is 0.254. The Morgan fingerprint density at radius 3 is 2.33 bits per heavy atom. The molecular weight excluding hydrogens is 289 g/mol. The van der Waals surface area contributed by atoms with Crippen LogP contribution in [0.1, 0.15) is 15.9 Å². The molecule has 21 heavy (non-hydrogen) atoms. The molecule has 0 radical (unpaired) electrons. The lowest BCUT2D eigenvalue weighted by Gasteiger charge is -2.08. The number of anilines is 1. The number of hydrogen-bond acceptors (Lipinski definition) is 2. The predicted octanol–water partition coefficient (Wildman–Crippen LogP) is 4.45. The van der Waals surface area contributed by atoms with E-state index in [4.69, 9.17) is 17.3 Å². The maximum Gasteiger partial charge on any atom is 0.195 e. The summed E-state index contributed by atoms with van der Waals surface area (Å²) in [7, 11) is 0. The van der Waals surface area contributed by atoms with Crippen LogP contribution in [0.5, 0.6) is 0 Å². The Kier molecular flexibility index (Phi) is 3.35. The second-order valence-corrected chi connectivity index (χ2v) is 5.12. The van der Waals surface area contributed by atoms with Crippen molar-refractivity contribution in [1.29, 1.82) is 0 Å². The zero-order chi connectivity index (χ0) is 15.0. The van der Waals surface area contributed by atoms with Gasteiger partial charge in [-0.05, 0) is 35.7 Å². The Balaban J connectivity index is 2.21. The molecule has 0 atom stereocenters. The topological polar surface area (TPSA) is 43.1 Å². The van der Waals surface area contributed by atoms with Gasteiger partial charge in [0.25, 0.3) is 0 Å². The van der Waals surface area contributed by atoms with Crippen LogP contribution in [0.4, 0.5) is 10.1 Å². The minimum Gasteiger partial charge on any atom is -0.399 e. The molecule has 3 rings (SSSR count). The van der Waals surface area contributed by atoms with E-state index in [9.17, 15) is 9.18 Å². The molecule has 0 saturated heterocycles. The van der Waals surface area contributed by atoms with Crippen LogP contribution in [0.15, 0.2) is 54.6 Å². The molecule has 0 fully saturated rings. The summed E-state index contributed by atoms with van der Waals surface area (Å²) in [6.45, 7) is 0. The third-order valence-corrected chi connectivity index (χ3v) is 3.67. The number of halogens is 2. The number of nitrogens with two attached hydrogens (primary N) is 1. The summed E-state index contributed by atoms with van der Waals surface area (Å²) in [6, 6.07) is 14.4. The van der Waals surface area contributed by atoms with E-state index < -0.39 is 0 Å². The molecule has 0 heterocycles. The highest BCUT2D eigenvalue weighted by Crippen LogP contribution is 2.27. The molecule has 104 valence electrons. The number of hydrogen-bond donors (Lipinski definition) is 1. The lowest BCUT2D eigenvalue weighted by atomic mass is 9.97. The van der Waals surface area contributed by atoms with Crippen LogP contribution in [-0.4, -0.2) is 5.78 Å². The van der Waals surface area contributed by atoms with Crippen molar-refractivity contribution in [3.05, 3.63) is 76.6 Å². The second kappa shape index (κ2) is 5.19. The Hall–Kier alpha value is -2.39. The Bertz CT molecular complexity index is 861. The Morgan fingerprint density at radius 1 is 0.952 bits per heavy atom. The SMILES string of the molecule is Nc1ccc(C(=O)c2ccc(F)c3ccccc23)c(Cl)c1. The van der Waals surface area contributed by atoms with Gasteiger partial charge < -0.3 is 5.73 Å². The summed E-state index contributed by atoms with van der Waals surface area (Å²) >= 11 is 6.08. The molecular formula is C17H11ClFNO. The lowest BCUT2D eigenvalue weighted by molar-refractivity contribution is 0.104. The van der Waals surface area contributed by atoms with E-state index in [0.717, 1.165) is 0 Å². The summed E-state index contributed by atoms with van der Waals surface area (Å²) < 4.78 is 13.8. The van der Waals surface area contributed by atoms with Crippen molar-refractivity contribution in [3.63, 3.8) is 0 Å². The molecule has 0 bridgehead atoms. The van der Waals surface area contributed by atoms with Crippen molar-refractivity contribution < 1.29 is 9.18 Å². The lowest BCUT2D eigenvalue weighted by Crippen LogP contribution is -2.04. The monoisotopic (exact) mass is 299 g/mol. The first-order valence-corrected chi connectivity index (χ1v) is 6.72. The van der Waals surface area contributed by atoms with Gasteiger partial charge in [-0.25, -0.2) is 4.39 Å². The van der Waals surface area contributed by atoms with E-state index in [-0.39, 0.29) is 16.6 Å². The zero-order valence-corrected chi connectivity index (χ0v) is 11.7. The normalized spacial score (nSPS) is 10.8. The van der Waals surface area contributed by atoms with Gasteiger partial charge in [-0.3, -0.25) is 4.79 Å². The van der Waals surface area contributed by atoms with Gasteiger partial charge in [0.05, 0.1) is 5.02 Å². The van der Waals surface area contributed by atoms with Crippen molar-refractivity contribution in [2.75, 3.05) is 5.73 Å². The summed E-state index contributed by atoms with van der Waals surface area (Å²) in [5.41, 5.74) is 6.88. The third-order valence-electron chi connectivity index (χ3n) is 3.35. The largest absolute Gasteiger partial charge is 0.399 e. The van der Waals surface area contributed by atoms with Crippen LogP contribution >= 0.6 is 11.6 Å². The van der Waals surface area contributed by atoms with Crippen LogP contribution in [0.3, 0.4) is 0 Å². The van der Waals surface area contributed by atoms with E-state index in [1.54, 1.807) is 36.4 Å². The van der Waals surface area contributed by atoms with Gasteiger partial charge in [-0.1, -0.05) is 35.9 Å². The molecule has 4 heteroatoms. The number of rotatable bonds is 2. The first kappa shape index (κ1) is 13.6. The molecule has 0 unspecified atom stereocenters. The van der Waals surface area contributed by atoms with Gasteiger partial charge in [0.15, 0.2) is 5.78 Å². The number of benzene rings is 3. The Labute approximate surface area is 126 Å². The molecule has 0 aromatic heterocycles. The highest BCUT2D eigenvalue weighted by Gasteiger charge is 2.16. The number of nitrogen functional groups attached to an aromatic ring is 1. The smallest absolute Gasteiger partial charge is 0.195 e. The van der Waals surface area contributed by atoms with Crippen molar-refractivity contribution in [2.45, 2.75) is 0 Å². The standard InChI is InChI=1S/C17H11ClFNO/c18-15-9-10(20)5-6-14(15)17(21)13-7-8-16(19)12-4-2-1-3-11(12)13/h1-9H,20H2. The molecule has 0 amide bonds. The fourth-order valence-electron chi connectivity index (χ4n) is 2.32. The molecule has 2 nitrogen and oxygen atoms in total. The molecule has 0 saturated carbocycles. The van der Waals surface area contributed by atoms with Gasteiger partial charge in [-0.2, -0.15) is 0 Å². The van der Waals surface area contributed by atoms with Crippen molar-refractivity contribution in [3.8, 4) is 0 Å². The summed E-state index contributed by atoms with van der Waals surface area (Å²) in [5, 5.41) is 1.26. The number of fused-ring (bicyclic) bond motifs is 1. The van der Waals surface area contributed by atoms with Crippen LogP contribution in [0, 0.1) is 5.82 Å². The molecule has 2 N–H and O–H groups in total. The van der Waals surface area contributed by atoms with Crippen molar-refractivity contribution >= 4 is 33.8 Å². The highest BCUT2D eigenvalue weighted by molar-refractivity contribution is 6.35. The molecule has 0 aliphatic rings. The minimum atomic E-state index is -0.356. The Morgan fingerprint density at radius 2 is 1.62 bits per heavy atom. The quantitative estimate of drug-likeness (QED) is 0.561. The van der Waals surface area contributed by atoms with Gasteiger partial charge in [-0.15, -0.1) is 0 Å². The van der Waals surface area contributed by atoms with Gasteiger partial charge in [0, 0.05) is 22.2 Å². The number of carbonyl (C=O) groups excluding carboxylic acids is 1. The molecule has 0 aliphatic heterocycles. The van der Waals surface area contributed by atoms with Gasteiger partial charge >= 0.3 is 0 Å². The average Bonchev–Trinajstić information content (AvgIpc) is 2.47. The molecule has 0 spiro atoms. The summed E-state index contributed by atoms with van der Waals surface area (Å²) in [5.74, 6) is -0.609. The van der Waals surface area contributed by atoms with Crippen LogP contribution in [0.25, 0.3) is 10.8 Å². The van der Waals surface area contributed by atoms with E-state index in [1.807, 2.05) is 0 Å². The number of ketones is 1. The highest BCUT2D eigenvalue weighted by atomic mass is 35.5. The summed E-state index contributed by atoms with van der Waals surface area (Å²) in [6.07, 6.45) is 0. The fraction of sp³-hybridized carbons (Fsp3) is 0. The van der Waals surface area contributed by atoms with Crippen molar-refractivity contribution in [2.24, 2.45) is 0 Å². The average molecular weight is 300 g/mol. The maximum atomic E-state index is 13.8. The molecule has 3 aromatic carbocycles. The number of carbonyl (C=O) groups is 1. The maximum absolute atomic E-state index is 13.8. The predicted molar refractivity (Wildman–Crippen MR) is 83.2 cm³/mol. The molecule has 3 aromatic rings. The van der Waals surface area contributed by atoms with E-state index in [2.05, 4.69) is 0 Å². The van der Waals surface area contributed by atoms with Gasteiger partial charge in [0.1, 0.15) is 5.82 Å². The van der Waals surface area contributed by atoms with Crippen LogP contribution in [-0.2, 0) is 0 Å². The first-order chi connectivity index (χ1) is 10.1.